The lowest BCUT2D eigenvalue weighted by Gasteiger charge is -2.05. The molecule has 6 nitrogen and oxygen atoms in total. The van der Waals surface area contributed by atoms with Gasteiger partial charge in [-0.15, -0.1) is 0 Å². The van der Waals surface area contributed by atoms with Crippen molar-refractivity contribution in [1.82, 2.24) is 29.9 Å². The van der Waals surface area contributed by atoms with Crippen LogP contribution in [0.5, 0.6) is 0 Å². The molecule has 0 atom stereocenters. The zero-order valence-electron chi connectivity index (χ0n) is 16.4. The Morgan fingerprint density at radius 1 is 1.00 bits per heavy atom. The maximum Gasteiger partial charge on any atom is 0.117 e. The van der Waals surface area contributed by atoms with Gasteiger partial charge in [0, 0.05) is 41.1 Å². The average molecular weight is 441 g/mol. The maximum absolute atomic E-state index is 6.33. The van der Waals surface area contributed by atoms with Crippen LogP contribution >= 0.6 is 23.2 Å². The first-order chi connectivity index (χ1) is 14.7. The molecule has 0 fully saturated rings. The van der Waals surface area contributed by atoms with Crippen LogP contribution in [0.1, 0.15) is 17.7 Å². The van der Waals surface area contributed by atoms with Crippen molar-refractivity contribution in [3.63, 3.8) is 0 Å². The van der Waals surface area contributed by atoms with Gasteiger partial charge in [0.05, 0.1) is 12.9 Å². The molecule has 154 valence electrons. The molecule has 0 amide bonds. The van der Waals surface area contributed by atoms with E-state index in [-0.39, 0.29) is 0 Å². The molecule has 2 heterocycles. The summed E-state index contributed by atoms with van der Waals surface area (Å²) < 4.78 is 2.07. The summed E-state index contributed by atoms with van der Waals surface area (Å²) in [6.45, 7) is 2.93. The summed E-state index contributed by atoms with van der Waals surface area (Å²) in [6.07, 6.45) is 6.61. The van der Waals surface area contributed by atoms with Crippen LogP contribution in [-0.4, -0.2) is 31.1 Å². The number of aromatic nitrogens is 5. The minimum Gasteiger partial charge on any atom is -0.337 e. The van der Waals surface area contributed by atoms with Crippen molar-refractivity contribution in [1.29, 1.82) is 0 Å². The summed E-state index contributed by atoms with van der Waals surface area (Å²) in [4.78, 5) is 5.76. The highest BCUT2D eigenvalue weighted by atomic mass is 35.5. The molecule has 0 radical (unpaired) electrons. The number of aryl methyl sites for hydroxylation is 1. The van der Waals surface area contributed by atoms with E-state index in [0.717, 1.165) is 42.0 Å². The first-order valence-electron chi connectivity index (χ1n) is 9.79. The molecule has 0 aliphatic carbocycles. The van der Waals surface area contributed by atoms with Crippen LogP contribution in [0.3, 0.4) is 0 Å². The number of nitrogens with zero attached hydrogens (tertiary/aromatic N) is 5. The summed E-state index contributed by atoms with van der Waals surface area (Å²) in [7, 11) is 0. The summed E-state index contributed by atoms with van der Waals surface area (Å²) in [5, 5.41) is 14.2. The highest BCUT2D eigenvalue weighted by Gasteiger charge is 2.14. The fourth-order valence-electron chi connectivity index (χ4n) is 3.21. The Hall–Kier alpha value is -2.67. The van der Waals surface area contributed by atoms with Gasteiger partial charge in [-0.25, -0.2) is 4.98 Å². The summed E-state index contributed by atoms with van der Waals surface area (Å²) in [5.74, 6) is 0. The van der Waals surface area contributed by atoms with E-state index in [1.54, 1.807) is 17.1 Å². The molecule has 8 heteroatoms. The fraction of sp³-hybridized carbons (Fsp3) is 0.227. The Morgan fingerprint density at radius 2 is 1.87 bits per heavy atom. The predicted octanol–water partition coefficient (Wildman–Crippen LogP) is 4.68. The Labute approximate surface area is 185 Å². The van der Waals surface area contributed by atoms with Crippen LogP contribution in [0.25, 0.3) is 11.3 Å². The number of rotatable bonds is 9. The standard InChI is InChI=1S/C22H22Cl2N6/c23-19-8-7-18(20(24)13-19)15-30-27-21(22(28-30)17-5-2-1-3-6-17)14-25-9-4-11-29-12-10-26-16-29/h1-3,5-8,10,12-13,16,25H,4,9,11,14-15H2. The van der Waals surface area contributed by atoms with E-state index in [1.165, 1.54) is 0 Å². The van der Waals surface area contributed by atoms with Crippen molar-refractivity contribution in [3.05, 3.63) is 88.6 Å². The van der Waals surface area contributed by atoms with Gasteiger partial charge in [0.15, 0.2) is 0 Å². The highest BCUT2D eigenvalue weighted by molar-refractivity contribution is 6.35. The van der Waals surface area contributed by atoms with E-state index >= 15 is 0 Å². The number of imidazole rings is 1. The molecule has 4 aromatic rings. The van der Waals surface area contributed by atoms with Crippen LogP contribution in [0.4, 0.5) is 0 Å². The van der Waals surface area contributed by atoms with Gasteiger partial charge < -0.3 is 9.88 Å². The molecule has 2 aromatic carbocycles. The van der Waals surface area contributed by atoms with Gasteiger partial charge in [-0.1, -0.05) is 59.6 Å². The third kappa shape index (κ3) is 5.27. The summed E-state index contributed by atoms with van der Waals surface area (Å²) in [6, 6.07) is 15.6. The molecule has 30 heavy (non-hydrogen) atoms. The third-order valence-corrected chi connectivity index (χ3v) is 5.31. The van der Waals surface area contributed by atoms with E-state index < -0.39 is 0 Å². The minimum atomic E-state index is 0.483. The molecule has 0 unspecified atom stereocenters. The van der Waals surface area contributed by atoms with Crippen molar-refractivity contribution in [2.24, 2.45) is 0 Å². The van der Waals surface area contributed by atoms with E-state index in [9.17, 15) is 0 Å². The number of halogens is 2. The van der Waals surface area contributed by atoms with Gasteiger partial charge in [0.2, 0.25) is 0 Å². The van der Waals surface area contributed by atoms with Gasteiger partial charge >= 0.3 is 0 Å². The second kappa shape index (κ2) is 9.89. The monoisotopic (exact) mass is 440 g/mol. The Balaban J connectivity index is 1.46. The van der Waals surface area contributed by atoms with Crippen LogP contribution in [0.15, 0.2) is 67.3 Å². The van der Waals surface area contributed by atoms with Crippen LogP contribution in [0, 0.1) is 0 Å². The molecule has 2 aromatic heterocycles. The number of benzene rings is 2. The van der Waals surface area contributed by atoms with Gasteiger partial charge in [-0.3, -0.25) is 0 Å². The van der Waals surface area contributed by atoms with E-state index in [1.807, 2.05) is 55.0 Å². The SMILES string of the molecule is Clc1ccc(Cn2nc(CNCCCn3ccnc3)c(-c3ccccc3)n2)c(Cl)c1. The van der Waals surface area contributed by atoms with Crippen LogP contribution < -0.4 is 5.32 Å². The second-order valence-electron chi connectivity index (χ2n) is 6.96. The number of hydrogen-bond donors (Lipinski definition) is 1. The lowest BCUT2D eigenvalue weighted by Crippen LogP contribution is -2.17. The molecule has 0 saturated carbocycles. The quantitative estimate of drug-likeness (QED) is 0.384. The normalized spacial score (nSPS) is 11.1. The Kier molecular flexibility index (Phi) is 6.79. The molecule has 0 bridgehead atoms. The molecule has 1 N–H and O–H groups in total. The summed E-state index contributed by atoms with van der Waals surface area (Å²) in [5.41, 5.74) is 3.76. The van der Waals surface area contributed by atoms with Crippen molar-refractivity contribution in [2.75, 3.05) is 6.54 Å². The Morgan fingerprint density at radius 3 is 2.63 bits per heavy atom. The van der Waals surface area contributed by atoms with E-state index in [2.05, 4.69) is 14.9 Å². The first-order valence-corrected chi connectivity index (χ1v) is 10.5. The molecular formula is C22H22Cl2N6. The lowest BCUT2D eigenvalue weighted by molar-refractivity contribution is 0.559. The van der Waals surface area contributed by atoms with Crippen molar-refractivity contribution < 1.29 is 0 Å². The topological polar surface area (TPSA) is 60.6 Å². The zero-order valence-corrected chi connectivity index (χ0v) is 17.9. The molecular weight excluding hydrogens is 419 g/mol. The van der Waals surface area contributed by atoms with Gasteiger partial charge in [-0.2, -0.15) is 15.0 Å². The van der Waals surface area contributed by atoms with E-state index in [0.29, 0.717) is 23.1 Å². The first kappa shape index (κ1) is 20.6. The molecule has 0 spiro atoms. The van der Waals surface area contributed by atoms with Crippen LogP contribution in [0.2, 0.25) is 10.0 Å². The fourth-order valence-corrected chi connectivity index (χ4v) is 3.68. The highest BCUT2D eigenvalue weighted by Crippen LogP contribution is 2.23. The summed E-state index contributed by atoms with van der Waals surface area (Å²) >= 11 is 12.3. The molecule has 4 rings (SSSR count). The van der Waals surface area contributed by atoms with Crippen molar-refractivity contribution in [2.45, 2.75) is 26.1 Å². The molecule has 0 saturated heterocycles. The van der Waals surface area contributed by atoms with Gasteiger partial charge in [-0.05, 0) is 30.7 Å². The van der Waals surface area contributed by atoms with Crippen molar-refractivity contribution in [3.8, 4) is 11.3 Å². The van der Waals surface area contributed by atoms with Gasteiger partial charge in [0.1, 0.15) is 11.4 Å². The van der Waals surface area contributed by atoms with E-state index in [4.69, 9.17) is 33.4 Å². The van der Waals surface area contributed by atoms with Crippen molar-refractivity contribution >= 4 is 23.2 Å². The average Bonchev–Trinajstić information content (AvgIpc) is 3.40. The zero-order chi connectivity index (χ0) is 20.8. The number of hydrogen-bond acceptors (Lipinski definition) is 4. The second-order valence-corrected chi connectivity index (χ2v) is 7.80. The minimum absolute atomic E-state index is 0.483. The maximum atomic E-state index is 6.33. The molecule has 0 aliphatic heterocycles. The smallest absolute Gasteiger partial charge is 0.117 e. The number of nitrogens with one attached hydrogen (secondary N) is 1. The third-order valence-electron chi connectivity index (χ3n) is 4.72. The van der Waals surface area contributed by atoms with Crippen LogP contribution in [-0.2, 0) is 19.6 Å². The lowest BCUT2D eigenvalue weighted by atomic mass is 10.1. The largest absolute Gasteiger partial charge is 0.337 e. The Bertz CT molecular complexity index is 1080. The van der Waals surface area contributed by atoms with Gasteiger partial charge in [0.25, 0.3) is 0 Å². The molecule has 0 aliphatic rings. The predicted molar refractivity (Wildman–Crippen MR) is 120 cm³/mol.